The number of nitrogens with zero attached hydrogens (tertiary/aromatic N) is 2. The van der Waals surface area contributed by atoms with E-state index in [1.807, 2.05) is 32.1 Å². The third kappa shape index (κ3) is 29.1. The third-order valence-corrected chi connectivity index (χ3v) is 15.2. The van der Waals surface area contributed by atoms with Crippen LogP contribution in [0.5, 0.6) is 5.75 Å². The molecular formula is C58H77N4Na3O19S4. The van der Waals surface area contributed by atoms with E-state index < -0.39 is 52.8 Å². The third-order valence-electron chi connectivity index (χ3n) is 13.5. The van der Waals surface area contributed by atoms with Gasteiger partial charge >= 0.3 is 110 Å². The van der Waals surface area contributed by atoms with Gasteiger partial charge in [0.25, 0.3) is 5.97 Å². The topological polar surface area (TPSA) is 352 Å². The van der Waals surface area contributed by atoms with Crippen LogP contribution in [-0.4, -0.2) is 144 Å². The van der Waals surface area contributed by atoms with Gasteiger partial charge in [-0.1, -0.05) is 45.8 Å². The van der Waals surface area contributed by atoms with E-state index >= 15 is 0 Å². The van der Waals surface area contributed by atoms with Crippen molar-refractivity contribution in [1.29, 1.82) is 0 Å². The number of rotatable bonds is 29. The molecule has 3 aromatic rings. The Kier molecular flexibility index (Phi) is 41.2. The summed E-state index contributed by atoms with van der Waals surface area (Å²) in [6, 6.07) is 19.3. The fourth-order valence-corrected chi connectivity index (χ4v) is 10.5. The van der Waals surface area contributed by atoms with Crippen LogP contribution in [0, 0.1) is 13.0 Å². The smallest absolute Gasteiger partial charge is 0.744 e. The number of carbonyl (C=O) groups excluding carboxylic acids is 1. The van der Waals surface area contributed by atoms with Gasteiger partial charge in [-0.05, 0) is 129 Å². The number of hydrogen-bond donors (Lipinski definition) is 3. The average molecular weight is 1330 g/mol. The number of carbonyl (C=O) groups is 2. The normalized spacial score (nSPS) is 15.4. The van der Waals surface area contributed by atoms with Crippen LogP contribution in [0.2, 0.25) is 0 Å². The summed E-state index contributed by atoms with van der Waals surface area (Å²) in [5, 5.41) is 10.4. The number of allylic oxidation sites excluding steroid dienone is 7. The maximum atomic E-state index is 12.7. The molecule has 0 radical (unpaired) electrons. The molecule has 470 valence electrons. The molecule has 0 atom stereocenters. The molecule has 4 N–H and O–H groups in total. The van der Waals surface area contributed by atoms with Gasteiger partial charge in [0.1, 0.15) is 44.0 Å². The molecule has 88 heavy (non-hydrogen) atoms. The molecule has 3 aromatic carbocycles. The van der Waals surface area contributed by atoms with Gasteiger partial charge in [0.2, 0.25) is 5.91 Å². The van der Waals surface area contributed by atoms with Crippen molar-refractivity contribution >= 4 is 70.4 Å². The van der Waals surface area contributed by atoms with E-state index in [9.17, 15) is 30.7 Å². The van der Waals surface area contributed by atoms with Crippen molar-refractivity contribution in [3.63, 3.8) is 0 Å². The molecule has 1 aliphatic carbocycles. The summed E-state index contributed by atoms with van der Waals surface area (Å²) in [4.78, 5) is 23.2. The fourth-order valence-electron chi connectivity index (χ4n) is 9.58. The van der Waals surface area contributed by atoms with E-state index in [4.69, 9.17) is 59.8 Å². The maximum Gasteiger partial charge on any atom is 1.00 e. The quantitative estimate of drug-likeness (QED) is 0.0213. The van der Waals surface area contributed by atoms with Crippen molar-refractivity contribution in [3.05, 3.63) is 132 Å². The molecule has 2 heterocycles. The summed E-state index contributed by atoms with van der Waals surface area (Å²) < 4.78 is 149. The van der Waals surface area contributed by atoms with Crippen molar-refractivity contribution in [2.24, 2.45) is 5.73 Å². The second-order valence-electron chi connectivity index (χ2n) is 20.5. The molecule has 0 saturated heterocycles. The van der Waals surface area contributed by atoms with Gasteiger partial charge in [-0.3, -0.25) is 9.59 Å². The summed E-state index contributed by atoms with van der Waals surface area (Å²) in [5.74, 6) is 0.111. The van der Waals surface area contributed by atoms with E-state index in [0.717, 1.165) is 85.9 Å². The molecule has 30 heteroatoms. The summed E-state index contributed by atoms with van der Waals surface area (Å²) >= 11 is 0. The van der Waals surface area contributed by atoms with Gasteiger partial charge in [0, 0.05) is 67.9 Å². The van der Waals surface area contributed by atoms with Crippen molar-refractivity contribution in [3.8, 4) is 5.75 Å². The second-order valence-corrected chi connectivity index (χ2v) is 24.0. The molecule has 0 saturated carbocycles. The van der Waals surface area contributed by atoms with Crippen molar-refractivity contribution < 1.29 is 178 Å². The standard InChI is InChI=1S/C56H75N4O11S2.C2H4O2.3Na.2O3S/c1-6-7-33-59-49-19-11-10-18-47(49)55(2,3)51(59)29-21-42-16-13-17-43(54(42)71-44-23-25-45(26-24-44)72(62,63)64)22-30-52-56(4,5)48-41-46(73(65,66)67)27-28-50(48)60(52)34-12-8-9-20-53(61)58-32-15-36-69-38-40-70-39-37-68-35-14-31-57;1-2(3)4;;;;2*1-4(2)3/h11,18-19,21-30,41H,1,6-9,12-17,20,31-40,57H2,2-5H3,(H,58,61)(H,62,63,64)(H,65,66,67);1H3,(H,3,4);;;;;/q-1;;3*+1;;/p-2. The monoisotopic (exact) mass is 1330 g/mol. The van der Waals surface area contributed by atoms with Crippen LogP contribution < -0.4 is 109 Å². The van der Waals surface area contributed by atoms with Crippen LogP contribution in [0.1, 0.15) is 116 Å². The zero-order valence-electron chi connectivity index (χ0n) is 51.5. The predicted octanol–water partition coefficient (Wildman–Crippen LogP) is -2.47. The molecule has 0 bridgehead atoms. The number of benzene rings is 3. The minimum absolute atomic E-state index is 0. The maximum absolute atomic E-state index is 12.7. The van der Waals surface area contributed by atoms with Crippen LogP contribution in [0.25, 0.3) is 0 Å². The number of unbranched alkanes of at least 4 members (excludes halogenated alkanes) is 3. The van der Waals surface area contributed by atoms with E-state index in [1.54, 1.807) is 6.07 Å². The molecule has 0 spiro atoms. The van der Waals surface area contributed by atoms with E-state index in [-0.39, 0.29) is 110 Å². The van der Waals surface area contributed by atoms with Gasteiger partial charge in [-0.15, -0.1) is 31.3 Å². The van der Waals surface area contributed by atoms with E-state index in [0.29, 0.717) is 108 Å². The van der Waals surface area contributed by atoms with Gasteiger partial charge < -0.3 is 56.0 Å². The number of carboxylic acid groups (broad SMARTS) is 1. The van der Waals surface area contributed by atoms with Crippen LogP contribution in [0.4, 0.5) is 11.4 Å². The Morgan fingerprint density at radius 1 is 0.761 bits per heavy atom. The Labute approximate surface area is 587 Å². The zero-order valence-corrected chi connectivity index (χ0v) is 60.8. The number of aliphatic carboxylic acids is 1. The molecule has 0 aromatic heterocycles. The Hall–Kier alpha value is -3.27. The first-order valence-electron chi connectivity index (χ1n) is 27.4. The van der Waals surface area contributed by atoms with Gasteiger partial charge in [-0.25, -0.2) is 21.4 Å². The molecule has 2 aliphatic heterocycles. The van der Waals surface area contributed by atoms with Crippen molar-refractivity contribution in [1.82, 2.24) is 5.32 Å². The Balaban J connectivity index is 0.00000462. The Morgan fingerprint density at radius 3 is 1.90 bits per heavy atom. The van der Waals surface area contributed by atoms with Gasteiger partial charge in [0.15, 0.2) is 5.71 Å². The number of anilines is 1. The molecular weight excluding hydrogens is 1250 g/mol. The second kappa shape index (κ2) is 42.8. The molecule has 0 fully saturated rings. The Bertz CT molecular complexity index is 3330. The Morgan fingerprint density at radius 2 is 1.33 bits per heavy atom. The molecule has 1 amide bonds. The van der Waals surface area contributed by atoms with Crippen LogP contribution in [0.15, 0.2) is 117 Å². The minimum Gasteiger partial charge on any atom is -0.744 e. The zero-order chi connectivity index (χ0) is 63.4. The molecule has 3 aliphatic rings. The summed E-state index contributed by atoms with van der Waals surface area (Å²) in [6.45, 7) is 19.2. The molecule has 0 unspecified atom stereocenters. The van der Waals surface area contributed by atoms with Crippen LogP contribution in [-0.2, 0) is 76.1 Å². The average Bonchev–Trinajstić information content (AvgIpc) is 1.75. The number of amides is 1. The number of hydrogen-bond acceptors (Lipinski definition) is 20. The predicted molar refractivity (Wildman–Crippen MR) is 314 cm³/mol. The number of fused-ring (bicyclic) bond motifs is 2. The SMILES string of the molecule is CC(=O)O.O=S(=O)=O.O=S(=O)=O.[CH2-]CCC[N+]1=C(C=CC2=C(Oc3ccc(S(=O)(=O)[O-])cc3)C(=CC=C3N(CCCCCC(=O)NCCCOCCOCCOCCCN)c4ccc(S(=O)(=O)[O-])cc4C3(C)C)CCC2)C(C)(C)c2c[c-]ccc21.[Na+].[Na+].[Na+]. The van der Waals surface area contributed by atoms with E-state index in [2.05, 4.69) is 65.9 Å². The van der Waals surface area contributed by atoms with Gasteiger partial charge in [-0.2, -0.15) is 24.6 Å². The van der Waals surface area contributed by atoms with Gasteiger partial charge in [0.05, 0.1) is 36.2 Å². The first kappa shape index (κ1) is 84.7. The fraction of sp³-hybridized carbons (Fsp3) is 0.483. The summed E-state index contributed by atoms with van der Waals surface area (Å²) in [5.41, 5.74) is 12.1. The number of nitrogens with one attached hydrogen (secondary N) is 1. The number of carboxylic acids is 1. The largest absolute Gasteiger partial charge is 1.00 e. The first-order chi connectivity index (χ1) is 40.1. The van der Waals surface area contributed by atoms with Crippen molar-refractivity contribution in [2.75, 3.05) is 70.7 Å². The number of nitrogens with two attached hydrogens (primary N) is 1. The van der Waals surface area contributed by atoms with E-state index in [1.165, 1.54) is 42.0 Å². The van der Waals surface area contributed by atoms with Crippen LogP contribution in [0.3, 0.4) is 0 Å². The molecule has 6 rings (SSSR count). The van der Waals surface area contributed by atoms with Crippen molar-refractivity contribution in [2.45, 2.75) is 126 Å². The summed E-state index contributed by atoms with van der Waals surface area (Å²) in [6.07, 6.45) is 16.3. The minimum atomic E-state index is -4.73. The first-order valence-corrected chi connectivity index (χ1v) is 32.2. The number of ether oxygens (including phenoxy) is 4. The van der Waals surface area contributed by atoms with Crippen LogP contribution >= 0.6 is 0 Å². The summed E-state index contributed by atoms with van der Waals surface area (Å²) in [7, 11) is -15.6. The molecule has 23 nitrogen and oxygen atoms in total.